The summed E-state index contributed by atoms with van der Waals surface area (Å²) < 4.78 is 5.34. The monoisotopic (exact) mass is 239 g/mol. The molecule has 1 aliphatic carbocycles. The zero-order valence-electron chi connectivity index (χ0n) is 9.58. The first-order valence-corrected chi connectivity index (χ1v) is 6.19. The molecule has 1 aromatic carbocycles. The molecule has 3 heteroatoms. The number of methoxy groups -OCH3 is 1. The summed E-state index contributed by atoms with van der Waals surface area (Å²) in [5, 5.41) is 0.726. The number of hydrogen-bond donors (Lipinski definition) is 1. The van der Waals surface area contributed by atoms with Crippen molar-refractivity contribution in [2.75, 3.05) is 7.11 Å². The summed E-state index contributed by atoms with van der Waals surface area (Å²) in [5.41, 5.74) is 7.35. The van der Waals surface area contributed by atoms with Crippen LogP contribution < -0.4 is 10.5 Å². The Balaban J connectivity index is 2.26. The first-order valence-electron chi connectivity index (χ1n) is 5.81. The Morgan fingerprint density at radius 3 is 2.69 bits per heavy atom. The van der Waals surface area contributed by atoms with Crippen LogP contribution in [0.3, 0.4) is 0 Å². The third kappa shape index (κ3) is 2.33. The standard InChI is InChI=1S/C13H18ClNO/c1-16-12-7-6-10(14)8-11(12)13(15)9-4-2-3-5-9/h6-9,13H,2-5,15H2,1H3. The van der Waals surface area contributed by atoms with Crippen LogP contribution in [0.2, 0.25) is 5.02 Å². The van der Waals surface area contributed by atoms with Gasteiger partial charge in [0.05, 0.1) is 7.11 Å². The Bertz CT molecular complexity index is 361. The SMILES string of the molecule is COc1ccc(Cl)cc1C(N)C1CCCC1. The van der Waals surface area contributed by atoms with Crippen molar-refractivity contribution in [1.29, 1.82) is 0 Å². The first kappa shape index (κ1) is 11.7. The molecule has 0 heterocycles. The van der Waals surface area contributed by atoms with Crippen LogP contribution in [0.4, 0.5) is 0 Å². The lowest BCUT2D eigenvalue weighted by Crippen LogP contribution is -2.19. The van der Waals surface area contributed by atoms with Gasteiger partial charge in [0, 0.05) is 16.6 Å². The molecule has 0 bridgehead atoms. The Hall–Kier alpha value is -0.730. The molecule has 1 fully saturated rings. The number of hydrogen-bond acceptors (Lipinski definition) is 2. The third-order valence-corrected chi connectivity index (χ3v) is 3.69. The molecular weight excluding hydrogens is 222 g/mol. The molecule has 0 spiro atoms. The summed E-state index contributed by atoms with van der Waals surface area (Å²) in [7, 11) is 1.67. The van der Waals surface area contributed by atoms with Gasteiger partial charge in [-0.15, -0.1) is 0 Å². The van der Waals surface area contributed by atoms with E-state index in [-0.39, 0.29) is 6.04 Å². The van der Waals surface area contributed by atoms with Crippen LogP contribution in [0.5, 0.6) is 5.75 Å². The largest absolute Gasteiger partial charge is 0.496 e. The van der Waals surface area contributed by atoms with E-state index < -0.39 is 0 Å². The van der Waals surface area contributed by atoms with Gasteiger partial charge in [0.1, 0.15) is 5.75 Å². The average molecular weight is 240 g/mol. The summed E-state index contributed by atoms with van der Waals surface area (Å²) in [6.45, 7) is 0. The minimum atomic E-state index is 0.0520. The van der Waals surface area contributed by atoms with E-state index in [2.05, 4.69) is 0 Å². The van der Waals surface area contributed by atoms with Gasteiger partial charge in [0.25, 0.3) is 0 Å². The number of rotatable bonds is 3. The second kappa shape index (κ2) is 5.07. The van der Waals surface area contributed by atoms with E-state index in [0.717, 1.165) is 16.3 Å². The van der Waals surface area contributed by atoms with Gasteiger partial charge in [0.2, 0.25) is 0 Å². The highest BCUT2D eigenvalue weighted by Gasteiger charge is 2.25. The molecular formula is C13H18ClNO. The molecule has 1 aromatic rings. The third-order valence-electron chi connectivity index (χ3n) is 3.46. The van der Waals surface area contributed by atoms with Crippen molar-refractivity contribution in [3.8, 4) is 5.75 Å². The van der Waals surface area contributed by atoms with Gasteiger partial charge in [-0.2, -0.15) is 0 Å². The fraction of sp³-hybridized carbons (Fsp3) is 0.538. The topological polar surface area (TPSA) is 35.2 Å². The van der Waals surface area contributed by atoms with Crippen LogP contribution in [-0.2, 0) is 0 Å². The van der Waals surface area contributed by atoms with Crippen LogP contribution in [0, 0.1) is 5.92 Å². The molecule has 1 unspecified atom stereocenters. The smallest absolute Gasteiger partial charge is 0.123 e. The fourth-order valence-electron chi connectivity index (χ4n) is 2.54. The Morgan fingerprint density at radius 2 is 2.06 bits per heavy atom. The Kier molecular flexibility index (Phi) is 3.72. The molecule has 0 aliphatic heterocycles. The molecule has 2 N–H and O–H groups in total. The molecule has 88 valence electrons. The van der Waals surface area contributed by atoms with E-state index in [0.29, 0.717) is 5.92 Å². The van der Waals surface area contributed by atoms with Gasteiger partial charge in [0.15, 0.2) is 0 Å². The maximum Gasteiger partial charge on any atom is 0.123 e. The molecule has 1 saturated carbocycles. The van der Waals surface area contributed by atoms with E-state index in [9.17, 15) is 0 Å². The van der Waals surface area contributed by atoms with Crippen molar-refractivity contribution in [2.45, 2.75) is 31.7 Å². The molecule has 2 rings (SSSR count). The molecule has 0 saturated heterocycles. The van der Waals surface area contributed by atoms with Gasteiger partial charge >= 0.3 is 0 Å². The highest BCUT2D eigenvalue weighted by atomic mass is 35.5. The fourth-order valence-corrected chi connectivity index (χ4v) is 2.72. The summed E-state index contributed by atoms with van der Waals surface area (Å²) in [6, 6.07) is 5.72. The van der Waals surface area contributed by atoms with Gasteiger partial charge in [-0.05, 0) is 37.0 Å². The van der Waals surface area contributed by atoms with Gasteiger partial charge < -0.3 is 10.5 Å². The molecule has 1 aliphatic rings. The summed E-state index contributed by atoms with van der Waals surface area (Å²) in [4.78, 5) is 0. The molecule has 0 radical (unpaired) electrons. The maximum absolute atomic E-state index is 6.31. The van der Waals surface area contributed by atoms with Crippen LogP contribution in [0.25, 0.3) is 0 Å². The molecule has 1 atom stereocenters. The van der Waals surface area contributed by atoms with Crippen molar-refractivity contribution in [3.63, 3.8) is 0 Å². The molecule has 0 amide bonds. The summed E-state index contributed by atoms with van der Waals surface area (Å²) in [6.07, 6.45) is 5.02. The highest BCUT2D eigenvalue weighted by molar-refractivity contribution is 6.30. The van der Waals surface area contributed by atoms with E-state index in [1.54, 1.807) is 7.11 Å². The van der Waals surface area contributed by atoms with E-state index >= 15 is 0 Å². The lowest BCUT2D eigenvalue weighted by molar-refractivity contribution is 0.385. The second-order valence-corrected chi connectivity index (χ2v) is 4.89. The summed E-state index contributed by atoms with van der Waals surface area (Å²) in [5.74, 6) is 1.43. The zero-order valence-corrected chi connectivity index (χ0v) is 10.3. The van der Waals surface area contributed by atoms with Crippen molar-refractivity contribution < 1.29 is 4.74 Å². The number of nitrogens with two attached hydrogens (primary N) is 1. The highest BCUT2D eigenvalue weighted by Crippen LogP contribution is 2.38. The summed E-state index contributed by atoms with van der Waals surface area (Å²) >= 11 is 6.01. The number of benzene rings is 1. The number of halogens is 1. The molecule has 2 nitrogen and oxygen atoms in total. The van der Waals surface area contributed by atoms with Crippen molar-refractivity contribution >= 4 is 11.6 Å². The minimum Gasteiger partial charge on any atom is -0.496 e. The van der Waals surface area contributed by atoms with Crippen LogP contribution >= 0.6 is 11.6 Å². The average Bonchev–Trinajstić information content (AvgIpc) is 2.81. The van der Waals surface area contributed by atoms with Gasteiger partial charge in [-0.25, -0.2) is 0 Å². The van der Waals surface area contributed by atoms with E-state index in [1.165, 1.54) is 25.7 Å². The van der Waals surface area contributed by atoms with E-state index in [1.807, 2.05) is 18.2 Å². The Labute approximate surface area is 102 Å². The van der Waals surface area contributed by atoms with Crippen molar-refractivity contribution in [1.82, 2.24) is 0 Å². The normalized spacial score (nSPS) is 18.7. The molecule has 0 aromatic heterocycles. The van der Waals surface area contributed by atoms with Crippen LogP contribution in [-0.4, -0.2) is 7.11 Å². The van der Waals surface area contributed by atoms with E-state index in [4.69, 9.17) is 22.1 Å². The second-order valence-electron chi connectivity index (χ2n) is 4.46. The lowest BCUT2D eigenvalue weighted by Gasteiger charge is -2.21. The molecule has 16 heavy (non-hydrogen) atoms. The first-order chi connectivity index (χ1) is 7.72. The quantitative estimate of drug-likeness (QED) is 0.876. The predicted molar refractivity (Wildman–Crippen MR) is 66.9 cm³/mol. The van der Waals surface area contributed by atoms with Gasteiger partial charge in [-0.3, -0.25) is 0 Å². The van der Waals surface area contributed by atoms with Crippen LogP contribution in [0.1, 0.15) is 37.3 Å². The minimum absolute atomic E-state index is 0.0520. The number of ether oxygens (including phenoxy) is 1. The maximum atomic E-state index is 6.31. The zero-order chi connectivity index (χ0) is 11.5. The van der Waals surface area contributed by atoms with Crippen LogP contribution in [0.15, 0.2) is 18.2 Å². The predicted octanol–water partition coefficient (Wildman–Crippen LogP) is 3.54. The van der Waals surface area contributed by atoms with Crippen molar-refractivity contribution in [3.05, 3.63) is 28.8 Å². The Morgan fingerprint density at radius 1 is 1.38 bits per heavy atom. The lowest BCUT2D eigenvalue weighted by atomic mass is 9.92. The van der Waals surface area contributed by atoms with Gasteiger partial charge in [-0.1, -0.05) is 24.4 Å². The van der Waals surface area contributed by atoms with Crippen molar-refractivity contribution in [2.24, 2.45) is 11.7 Å².